The Bertz CT molecular complexity index is 593. The van der Waals surface area contributed by atoms with Gasteiger partial charge in [-0.2, -0.15) is 0 Å². The monoisotopic (exact) mass is 268 g/mol. The molecule has 0 saturated heterocycles. The predicted molar refractivity (Wildman–Crippen MR) is 73.9 cm³/mol. The zero-order valence-electron chi connectivity index (χ0n) is 11.4. The third-order valence-electron chi connectivity index (χ3n) is 3.35. The van der Waals surface area contributed by atoms with E-state index < -0.39 is 0 Å². The Kier molecular flexibility index (Phi) is 3.41. The first-order valence-electron chi connectivity index (χ1n) is 6.72. The third-order valence-corrected chi connectivity index (χ3v) is 3.35. The van der Waals surface area contributed by atoms with Crippen molar-refractivity contribution in [2.45, 2.75) is 32.4 Å². The van der Waals surface area contributed by atoms with Crippen molar-refractivity contribution in [3.63, 3.8) is 0 Å². The van der Waals surface area contributed by atoms with Gasteiger partial charge in [0, 0.05) is 31.2 Å². The molecule has 0 bridgehead atoms. The van der Waals surface area contributed by atoms with E-state index in [1.54, 1.807) is 24.8 Å². The van der Waals surface area contributed by atoms with E-state index in [4.69, 9.17) is 0 Å². The number of carbonyl (C=O) groups excluding carboxylic acids is 1. The minimum Gasteiger partial charge on any atom is -0.330 e. The molecule has 1 aliphatic rings. The minimum absolute atomic E-state index is 0.0446. The molecule has 1 aliphatic carbocycles. The second kappa shape index (κ2) is 5.36. The first-order valence-corrected chi connectivity index (χ1v) is 6.72. The summed E-state index contributed by atoms with van der Waals surface area (Å²) in [7, 11) is 0. The average molecular weight is 268 g/mol. The number of carbonyl (C=O) groups is 1. The lowest BCUT2D eigenvalue weighted by Gasteiger charge is -2.22. The fraction of sp³-hybridized carbons (Fsp3) is 0.333. The highest BCUT2D eigenvalue weighted by molar-refractivity contribution is 5.92. The van der Waals surface area contributed by atoms with Crippen molar-refractivity contribution in [2.75, 3.05) is 0 Å². The van der Waals surface area contributed by atoms with Crippen molar-refractivity contribution in [1.82, 2.24) is 19.9 Å². The molecule has 3 rings (SSSR count). The molecule has 20 heavy (non-hydrogen) atoms. The normalized spacial score (nSPS) is 14.1. The van der Waals surface area contributed by atoms with Gasteiger partial charge in [-0.1, -0.05) is 0 Å². The third kappa shape index (κ3) is 2.82. The van der Waals surface area contributed by atoms with Crippen LogP contribution in [0.15, 0.2) is 36.9 Å². The molecule has 0 unspecified atom stereocenters. The number of rotatable bonds is 4. The van der Waals surface area contributed by atoms with Crippen molar-refractivity contribution in [3.05, 3.63) is 53.9 Å². The van der Waals surface area contributed by atoms with Gasteiger partial charge in [-0.25, -0.2) is 4.98 Å². The Morgan fingerprint density at radius 1 is 1.25 bits per heavy atom. The van der Waals surface area contributed by atoms with E-state index in [0.717, 1.165) is 24.1 Å². The van der Waals surface area contributed by atoms with Crippen LogP contribution in [0, 0.1) is 6.92 Å². The number of amides is 1. The minimum atomic E-state index is -0.0446. The van der Waals surface area contributed by atoms with Crippen molar-refractivity contribution in [1.29, 1.82) is 0 Å². The standard InChI is InChI=1S/C15H16N4O/c1-11-8-18-14(9-17-11)15(20)19(13-2-3-13)10-12-4-6-16-7-5-12/h4-9,13H,2-3,10H2,1H3. The maximum atomic E-state index is 12.5. The van der Waals surface area contributed by atoms with Crippen molar-refractivity contribution in [3.8, 4) is 0 Å². The molecule has 5 nitrogen and oxygen atoms in total. The molecule has 5 heteroatoms. The number of pyridine rings is 1. The van der Waals surface area contributed by atoms with Crippen LogP contribution in [0.3, 0.4) is 0 Å². The first kappa shape index (κ1) is 12.7. The van der Waals surface area contributed by atoms with Gasteiger partial charge in [-0.05, 0) is 37.5 Å². The quantitative estimate of drug-likeness (QED) is 0.850. The Balaban J connectivity index is 1.80. The average Bonchev–Trinajstić information content (AvgIpc) is 3.30. The van der Waals surface area contributed by atoms with E-state index in [2.05, 4.69) is 15.0 Å². The van der Waals surface area contributed by atoms with E-state index in [-0.39, 0.29) is 5.91 Å². The van der Waals surface area contributed by atoms with Crippen LogP contribution < -0.4 is 0 Å². The van der Waals surface area contributed by atoms with Crippen LogP contribution in [0.1, 0.15) is 34.6 Å². The summed E-state index contributed by atoms with van der Waals surface area (Å²) in [5, 5.41) is 0. The molecule has 2 heterocycles. The van der Waals surface area contributed by atoms with Crippen LogP contribution in [-0.2, 0) is 6.54 Å². The molecule has 2 aromatic rings. The fourth-order valence-electron chi connectivity index (χ4n) is 2.09. The van der Waals surface area contributed by atoms with Crippen molar-refractivity contribution in [2.24, 2.45) is 0 Å². The molecule has 0 aromatic carbocycles. The van der Waals surface area contributed by atoms with Gasteiger partial charge in [0.1, 0.15) is 5.69 Å². The first-order chi connectivity index (χ1) is 9.74. The van der Waals surface area contributed by atoms with Crippen molar-refractivity contribution >= 4 is 5.91 Å². The molecular weight excluding hydrogens is 252 g/mol. The largest absolute Gasteiger partial charge is 0.330 e. The highest BCUT2D eigenvalue weighted by Crippen LogP contribution is 2.29. The van der Waals surface area contributed by atoms with Gasteiger partial charge in [0.25, 0.3) is 5.91 Å². The SMILES string of the molecule is Cc1cnc(C(=O)N(Cc2ccncc2)C2CC2)cn1. The van der Waals surface area contributed by atoms with Crippen LogP contribution in [-0.4, -0.2) is 31.8 Å². The van der Waals surface area contributed by atoms with E-state index in [9.17, 15) is 4.79 Å². The number of hydrogen-bond acceptors (Lipinski definition) is 4. The smallest absolute Gasteiger partial charge is 0.274 e. The van der Waals surface area contributed by atoms with Gasteiger partial charge >= 0.3 is 0 Å². The molecule has 2 aromatic heterocycles. The molecule has 102 valence electrons. The number of hydrogen-bond donors (Lipinski definition) is 0. The summed E-state index contributed by atoms with van der Waals surface area (Å²) in [5.41, 5.74) is 2.31. The van der Waals surface area contributed by atoms with Crippen LogP contribution in [0.5, 0.6) is 0 Å². The van der Waals surface area contributed by atoms with E-state index in [1.807, 2.05) is 24.0 Å². The van der Waals surface area contributed by atoms with Gasteiger partial charge in [0.05, 0.1) is 11.9 Å². The molecular formula is C15H16N4O. The van der Waals surface area contributed by atoms with Gasteiger partial charge in [-0.3, -0.25) is 14.8 Å². The maximum absolute atomic E-state index is 12.5. The Hall–Kier alpha value is -2.30. The molecule has 0 spiro atoms. The summed E-state index contributed by atoms with van der Waals surface area (Å²) in [5.74, 6) is -0.0446. The summed E-state index contributed by atoms with van der Waals surface area (Å²) in [6.45, 7) is 2.46. The number of aromatic nitrogens is 3. The molecule has 1 fully saturated rings. The molecule has 0 N–H and O–H groups in total. The second-order valence-electron chi connectivity index (χ2n) is 5.06. The molecule has 0 atom stereocenters. The predicted octanol–water partition coefficient (Wildman–Crippen LogP) is 1.98. The number of nitrogens with zero attached hydrogens (tertiary/aromatic N) is 4. The maximum Gasteiger partial charge on any atom is 0.274 e. The van der Waals surface area contributed by atoms with Gasteiger partial charge in [-0.15, -0.1) is 0 Å². The second-order valence-corrected chi connectivity index (χ2v) is 5.06. The molecule has 1 amide bonds. The van der Waals surface area contributed by atoms with Crippen LogP contribution in [0.4, 0.5) is 0 Å². The fourth-order valence-corrected chi connectivity index (χ4v) is 2.09. The zero-order valence-corrected chi connectivity index (χ0v) is 11.4. The Labute approximate surface area is 117 Å². The van der Waals surface area contributed by atoms with E-state index >= 15 is 0 Å². The zero-order chi connectivity index (χ0) is 13.9. The van der Waals surface area contributed by atoms with Gasteiger partial charge in [0.15, 0.2) is 0 Å². The summed E-state index contributed by atoms with van der Waals surface area (Å²) in [6, 6.07) is 4.20. The van der Waals surface area contributed by atoms with Crippen LogP contribution in [0.2, 0.25) is 0 Å². The Morgan fingerprint density at radius 3 is 2.60 bits per heavy atom. The molecule has 0 radical (unpaired) electrons. The summed E-state index contributed by atoms with van der Waals surface area (Å²) in [6.07, 6.45) is 8.81. The highest BCUT2D eigenvalue weighted by atomic mass is 16.2. The number of aryl methyl sites for hydroxylation is 1. The van der Waals surface area contributed by atoms with Gasteiger partial charge < -0.3 is 4.90 Å². The van der Waals surface area contributed by atoms with Crippen molar-refractivity contribution < 1.29 is 4.79 Å². The molecule has 0 aliphatic heterocycles. The van der Waals surface area contributed by atoms with E-state index in [1.165, 1.54) is 0 Å². The highest BCUT2D eigenvalue weighted by Gasteiger charge is 2.33. The van der Waals surface area contributed by atoms with Crippen LogP contribution in [0.25, 0.3) is 0 Å². The lowest BCUT2D eigenvalue weighted by Crippen LogP contribution is -2.33. The lowest BCUT2D eigenvalue weighted by molar-refractivity contribution is 0.0723. The van der Waals surface area contributed by atoms with Gasteiger partial charge in [0.2, 0.25) is 0 Å². The summed E-state index contributed by atoms with van der Waals surface area (Å²) >= 11 is 0. The van der Waals surface area contributed by atoms with E-state index in [0.29, 0.717) is 18.3 Å². The topological polar surface area (TPSA) is 59.0 Å². The molecule has 1 saturated carbocycles. The summed E-state index contributed by atoms with van der Waals surface area (Å²) < 4.78 is 0. The summed E-state index contributed by atoms with van der Waals surface area (Å²) in [4.78, 5) is 26.8. The van der Waals surface area contributed by atoms with Crippen LogP contribution >= 0.6 is 0 Å². The Morgan fingerprint density at radius 2 is 2.00 bits per heavy atom. The lowest BCUT2D eigenvalue weighted by atomic mass is 10.2.